The van der Waals surface area contributed by atoms with E-state index >= 15 is 0 Å². The Morgan fingerprint density at radius 3 is 2.64 bits per heavy atom. The summed E-state index contributed by atoms with van der Waals surface area (Å²) in [6.07, 6.45) is 5.67. The van der Waals surface area contributed by atoms with E-state index in [4.69, 9.17) is 9.15 Å². The number of ether oxygens (including phenoxy) is 1. The maximum absolute atomic E-state index is 12.2. The van der Waals surface area contributed by atoms with Crippen LogP contribution in [0.1, 0.15) is 42.4 Å². The smallest absolute Gasteiger partial charge is 0.339 e. The van der Waals surface area contributed by atoms with Crippen LogP contribution in [0.3, 0.4) is 0 Å². The van der Waals surface area contributed by atoms with Gasteiger partial charge in [0.1, 0.15) is 11.3 Å². The number of carbonyl (C=O) groups excluding carboxylic acids is 1. The van der Waals surface area contributed by atoms with Gasteiger partial charge in [-0.1, -0.05) is 0 Å². The third kappa shape index (κ3) is 2.14. The standard InChI is InChI=1S/C18H18O4/c1-10-15(21-17(19)11-6-7-11)9-8-13-12-4-2-3-5-14(12)18(20)22-16(10)13/h8-9,11H,2-7H2,1H3. The van der Waals surface area contributed by atoms with Gasteiger partial charge in [0.05, 0.1) is 5.92 Å². The molecule has 1 heterocycles. The minimum atomic E-state index is -0.240. The maximum atomic E-state index is 12.2. The lowest BCUT2D eigenvalue weighted by atomic mass is 9.90. The van der Waals surface area contributed by atoms with Gasteiger partial charge in [0.25, 0.3) is 0 Å². The average Bonchev–Trinajstić information content (AvgIpc) is 3.36. The van der Waals surface area contributed by atoms with Gasteiger partial charge in [0.15, 0.2) is 0 Å². The third-order valence-corrected chi connectivity index (χ3v) is 4.71. The lowest BCUT2D eigenvalue weighted by Crippen LogP contribution is -2.16. The van der Waals surface area contributed by atoms with Gasteiger partial charge in [-0.2, -0.15) is 0 Å². The van der Waals surface area contributed by atoms with Gasteiger partial charge in [0, 0.05) is 16.5 Å². The molecule has 0 atom stereocenters. The Balaban J connectivity index is 1.84. The topological polar surface area (TPSA) is 56.5 Å². The van der Waals surface area contributed by atoms with Gasteiger partial charge in [-0.15, -0.1) is 0 Å². The summed E-state index contributed by atoms with van der Waals surface area (Å²) >= 11 is 0. The zero-order valence-electron chi connectivity index (χ0n) is 12.6. The van der Waals surface area contributed by atoms with Crippen molar-refractivity contribution in [3.05, 3.63) is 39.2 Å². The predicted molar refractivity (Wildman–Crippen MR) is 82.2 cm³/mol. The molecule has 2 aliphatic carbocycles. The second-order valence-electron chi connectivity index (χ2n) is 6.31. The largest absolute Gasteiger partial charge is 0.426 e. The molecule has 0 saturated heterocycles. The molecule has 2 aliphatic rings. The molecule has 1 fully saturated rings. The van der Waals surface area contributed by atoms with Crippen molar-refractivity contribution in [1.82, 2.24) is 0 Å². The van der Waals surface area contributed by atoms with E-state index in [0.717, 1.165) is 60.6 Å². The van der Waals surface area contributed by atoms with Crippen LogP contribution in [0.4, 0.5) is 0 Å². The SMILES string of the molecule is Cc1c(OC(=O)C2CC2)ccc2c3c(c(=O)oc12)CCCC3. The van der Waals surface area contributed by atoms with Crippen molar-refractivity contribution in [3.63, 3.8) is 0 Å². The Morgan fingerprint density at radius 1 is 1.18 bits per heavy atom. The number of esters is 1. The zero-order chi connectivity index (χ0) is 15.3. The van der Waals surface area contributed by atoms with Crippen LogP contribution in [0.5, 0.6) is 5.75 Å². The molecule has 4 nitrogen and oxygen atoms in total. The number of hydrogen-bond donors (Lipinski definition) is 0. The quantitative estimate of drug-likeness (QED) is 0.485. The van der Waals surface area contributed by atoms with Crippen LogP contribution in [0.25, 0.3) is 11.0 Å². The first-order valence-electron chi connectivity index (χ1n) is 7.95. The van der Waals surface area contributed by atoms with Gasteiger partial charge in [-0.3, -0.25) is 4.79 Å². The minimum Gasteiger partial charge on any atom is -0.426 e. The van der Waals surface area contributed by atoms with Crippen LogP contribution < -0.4 is 10.4 Å². The molecule has 22 heavy (non-hydrogen) atoms. The zero-order valence-corrected chi connectivity index (χ0v) is 12.6. The summed E-state index contributed by atoms with van der Waals surface area (Å²) in [4.78, 5) is 24.1. The molecule has 4 rings (SSSR count). The molecule has 0 N–H and O–H groups in total. The number of benzene rings is 1. The average molecular weight is 298 g/mol. The Morgan fingerprint density at radius 2 is 1.91 bits per heavy atom. The lowest BCUT2D eigenvalue weighted by molar-refractivity contribution is -0.135. The number of aryl methyl sites for hydroxylation is 2. The molecular formula is C18H18O4. The van der Waals surface area contributed by atoms with E-state index in [1.807, 2.05) is 19.1 Å². The van der Waals surface area contributed by atoms with Crippen LogP contribution in [-0.4, -0.2) is 5.97 Å². The number of fused-ring (bicyclic) bond motifs is 3. The monoisotopic (exact) mass is 298 g/mol. The van der Waals surface area contributed by atoms with E-state index in [2.05, 4.69) is 0 Å². The minimum absolute atomic E-state index is 0.0469. The van der Waals surface area contributed by atoms with Crippen molar-refractivity contribution in [2.75, 3.05) is 0 Å². The number of hydrogen-bond acceptors (Lipinski definition) is 4. The second-order valence-corrected chi connectivity index (χ2v) is 6.31. The molecule has 0 radical (unpaired) electrons. The van der Waals surface area contributed by atoms with Crippen LogP contribution >= 0.6 is 0 Å². The summed E-state index contributed by atoms with van der Waals surface area (Å²) in [7, 11) is 0. The Bertz CT molecular complexity index is 827. The molecule has 0 bridgehead atoms. The van der Waals surface area contributed by atoms with Crippen molar-refractivity contribution in [2.45, 2.75) is 45.4 Å². The fourth-order valence-corrected chi connectivity index (χ4v) is 3.25. The Kier molecular flexibility index (Phi) is 3.06. The fraction of sp³-hybridized carbons (Fsp3) is 0.444. The Labute approximate surface area is 128 Å². The molecule has 114 valence electrons. The summed E-state index contributed by atoms with van der Waals surface area (Å²) in [5.74, 6) is 0.372. The summed E-state index contributed by atoms with van der Waals surface area (Å²) < 4.78 is 11.0. The van der Waals surface area contributed by atoms with Gasteiger partial charge in [-0.05, 0) is 63.1 Å². The van der Waals surface area contributed by atoms with E-state index in [0.29, 0.717) is 11.3 Å². The highest BCUT2D eigenvalue weighted by atomic mass is 16.5. The number of rotatable bonds is 2. The molecule has 0 unspecified atom stereocenters. The molecule has 1 aromatic heterocycles. The summed E-state index contributed by atoms with van der Waals surface area (Å²) in [6, 6.07) is 3.75. The van der Waals surface area contributed by atoms with Crippen LogP contribution in [0.2, 0.25) is 0 Å². The van der Waals surface area contributed by atoms with Crippen molar-refractivity contribution >= 4 is 16.9 Å². The molecule has 4 heteroatoms. The Hall–Kier alpha value is -2.10. The molecule has 0 spiro atoms. The van der Waals surface area contributed by atoms with E-state index in [1.54, 1.807) is 0 Å². The maximum Gasteiger partial charge on any atom is 0.339 e. The van der Waals surface area contributed by atoms with E-state index in [9.17, 15) is 9.59 Å². The van der Waals surface area contributed by atoms with E-state index in [1.165, 1.54) is 0 Å². The first-order chi connectivity index (χ1) is 10.6. The first kappa shape index (κ1) is 13.6. The highest BCUT2D eigenvalue weighted by molar-refractivity contribution is 5.87. The summed E-state index contributed by atoms with van der Waals surface area (Å²) in [5, 5.41) is 0.984. The predicted octanol–water partition coefficient (Wildman–Crippen LogP) is 3.30. The van der Waals surface area contributed by atoms with Crippen molar-refractivity contribution < 1.29 is 13.9 Å². The van der Waals surface area contributed by atoms with Gasteiger partial charge in [0.2, 0.25) is 0 Å². The van der Waals surface area contributed by atoms with Crippen LogP contribution in [0.15, 0.2) is 21.3 Å². The highest BCUT2D eigenvalue weighted by Crippen LogP contribution is 2.35. The van der Waals surface area contributed by atoms with E-state index < -0.39 is 0 Å². The normalized spacial score (nSPS) is 17.3. The van der Waals surface area contributed by atoms with Gasteiger partial charge in [-0.25, -0.2) is 4.79 Å². The molecule has 0 aliphatic heterocycles. The van der Waals surface area contributed by atoms with Crippen LogP contribution in [-0.2, 0) is 17.6 Å². The second kappa shape index (κ2) is 4.97. The van der Waals surface area contributed by atoms with Crippen molar-refractivity contribution in [2.24, 2.45) is 5.92 Å². The molecule has 0 amide bonds. The molecule has 1 aromatic carbocycles. The number of carbonyl (C=O) groups is 1. The van der Waals surface area contributed by atoms with Gasteiger partial charge < -0.3 is 9.15 Å². The highest BCUT2D eigenvalue weighted by Gasteiger charge is 2.32. The van der Waals surface area contributed by atoms with Crippen molar-refractivity contribution in [3.8, 4) is 5.75 Å². The first-order valence-corrected chi connectivity index (χ1v) is 7.95. The van der Waals surface area contributed by atoms with Crippen LogP contribution in [0, 0.1) is 12.8 Å². The summed E-state index contributed by atoms with van der Waals surface area (Å²) in [5.41, 5.74) is 2.99. The lowest BCUT2D eigenvalue weighted by Gasteiger charge is -2.17. The molecule has 2 aromatic rings. The summed E-state index contributed by atoms with van der Waals surface area (Å²) in [6.45, 7) is 1.84. The third-order valence-electron chi connectivity index (χ3n) is 4.71. The fourth-order valence-electron chi connectivity index (χ4n) is 3.25. The van der Waals surface area contributed by atoms with E-state index in [-0.39, 0.29) is 17.5 Å². The molecular weight excluding hydrogens is 280 g/mol. The van der Waals surface area contributed by atoms with Crippen molar-refractivity contribution in [1.29, 1.82) is 0 Å². The molecule has 1 saturated carbocycles. The van der Waals surface area contributed by atoms with Gasteiger partial charge >= 0.3 is 11.6 Å².